The third-order valence-corrected chi connectivity index (χ3v) is 2.83. The predicted molar refractivity (Wildman–Crippen MR) is 69.4 cm³/mol. The summed E-state index contributed by atoms with van der Waals surface area (Å²) in [6.07, 6.45) is 7.13. The van der Waals surface area contributed by atoms with Crippen molar-refractivity contribution in [2.24, 2.45) is 0 Å². The number of nitrogens with zero attached hydrogens (tertiary/aromatic N) is 2. The van der Waals surface area contributed by atoms with E-state index in [9.17, 15) is 0 Å². The fraction of sp³-hybridized carbons (Fsp3) is 0. The lowest BCUT2D eigenvalue weighted by Gasteiger charge is -2.08. The van der Waals surface area contributed by atoms with Crippen LogP contribution in [0.5, 0.6) is 0 Å². The fourth-order valence-corrected chi connectivity index (χ4v) is 1.98. The van der Waals surface area contributed by atoms with Crippen LogP contribution in [0.15, 0.2) is 55.1 Å². The highest BCUT2D eigenvalue weighted by Crippen LogP contribution is 2.30. The van der Waals surface area contributed by atoms with Crippen molar-refractivity contribution in [3.8, 4) is 11.1 Å². The van der Waals surface area contributed by atoms with Crippen molar-refractivity contribution in [1.82, 2.24) is 9.97 Å². The average Bonchev–Trinajstić information content (AvgIpc) is 2.39. The summed E-state index contributed by atoms with van der Waals surface area (Å²) in [5.74, 6) is 0. The van der Waals surface area contributed by atoms with E-state index in [4.69, 9.17) is 5.73 Å². The van der Waals surface area contributed by atoms with Gasteiger partial charge in [0, 0.05) is 41.4 Å². The summed E-state index contributed by atoms with van der Waals surface area (Å²) in [6, 6.07) is 9.92. The first-order chi connectivity index (χ1) is 8.36. The largest absolute Gasteiger partial charge is 0.398 e. The summed E-state index contributed by atoms with van der Waals surface area (Å²) in [5, 5.41) is 2.25. The highest BCUT2D eigenvalue weighted by molar-refractivity contribution is 5.98. The van der Waals surface area contributed by atoms with Gasteiger partial charge in [0.1, 0.15) is 0 Å². The Bertz CT molecular complexity index is 672. The molecule has 0 fully saturated rings. The van der Waals surface area contributed by atoms with Crippen LogP contribution in [0, 0.1) is 0 Å². The smallest absolute Gasteiger partial charge is 0.0425 e. The molecule has 0 saturated heterocycles. The molecule has 0 unspecified atom stereocenters. The Morgan fingerprint density at radius 3 is 2.53 bits per heavy atom. The Kier molecular flexibility index (Phi) is 2.22. The Hall–Kier alpha value is -2.42. The van der Waals surface area contributed by atoms with E-state index in [-0.39, 0.29) is 0 Å². The standard InChI is InChI=1S/C14H11N3/c15-14-5-7-17-9-13(14)11-3-1-2-10-4-6-16-8-12(10)11/h1-9H,(H2,15,17). The quantitative estimate of drug-likeness (QED) is 0.687. The van der Waals surface area contributed by atoms with Crippen LogP contribution in [0.4, 0.5) is 5.69 Å². The summed E-state index contributed by atoms with van der Waals surface area (Å²) in [5.41, 5.74) is 8.74. The minimum absolute atomic E-state index is 0.733. The second-order valence-corrected chi connectivity index (χ2v) is 3.87. The van der Waals surface area contributed by atoms with Crippen LogP contribution in [-0.4, -0.2) is 9.97 Å². The second kappa shape index (κ2) is 3.87. The molecule has 1 aromatic carbocycles. The maximum Gasteiger partial charge on any atom is 0.0425 e. The molecule has 3 nitrogen and oxygen atoms in total. The zero-order valence-electron chi connectivity index (χ0n) is 9.17. The SMILES string of the molecule is Nc1ccncc1-c1cccc2ccncc12. The van der Waals surface area contributed by atoms with Crippen molar-refractivity contribution < 1.29 is 0 Å². The van der Waals surface area contributed by atoms with E-state index in [1.54, 1.807) is 18.6 Å². The lowest BCUT2D eigenvalue weighted by molar-refractivity contribution is 1.33. The molecule has 82 valence electrons. The summed E-state index contributed by atoms with van der Waals surface area (Å²) < 4.78 is 0. The van der Waals surface area contributed by atoms with Gasteiger partial charge in [0.05, 0.1) is 0 Å². The third kappa shape index (κ3) is 1.61. The predicted octanol–water partition coefficient (Wildman–Crippen LogP) is 2.88. The van der Waals surface area contributed by atoms with Gasteiger partial charge in [-0.1, -0.05) is 18.2 Å². The lowest BCUT2D eigenvalue weighted by atomic mass is 10.0. The third-order valence-electron chi connectivity index (χ3n) is 2.83. The van der Waals surface area contributed by atoms with E-state index in [2.05, 4.69) is 16.0 Å². The molecule has 0 radical (unpaired) electrons. The molecule has 0 spiro atoms. The number of nitrogen functional groups attached to an aromatic ring is 1. The molecular formula is C14H11N3. The van der Waals surface area contributed by atoms with Crippen LogP contribution in [0.2, 0.25) is 0 Å². The molecule has 17 heavy (non-hydrogen) atoms. The minimum atomic E-state index is 0.733. The van der Waals surface area contributed by atoms with Gasteiger partial charge >= 0.3 is 0 Å². The molecule has 2 aromatic heterocycles. The molecule has 0 amide bonds. The molecule has 3 aromatic rings. The van der Waals surface area contributed by atoms with E-state index in [1.165, 1.54) is 0 Å². The van der Waals surface area contributed by atoms with Gasteiger partial charge in [0.2, 0.25) is 0 Å². The number of aromatic nitrogens is 2. The van der Waals surface area contributed by atoms with Crippen molar-refractivity contribution in [2.45, 2.75) is 0 Å². The zero-order valence-corrected chi connectivity index (χ0v) is 9.17. The van der Waals surface area contributed by atoms with Gasteiger partial charge in [-0.3, -0.25) is 9.97 Å². The zero-order chi connectivity index (χ0) is 11.7. The molecule has 2 heterocycles. The van der Waals surface area contributed by atoms with Gasteiger partial charge in [-0.2, -0.15) is 0 Å². The van der Waals surface area contributed by atoms with E-state index < -0.39 is 0 Å². The normalized spacial score (nSPS) is 10.6. The minimum Gasteiger partial charge on any atom is -0.398 e. The van der Waals surface area contributed by atoms with Gasteiger partial charge in [0.25, 0.3) is 0 Å². The molecule has 0 aliphatic heterocycles. The summed E-state index contributed by atoms with van der Waals surface area (Å²) in [4.78, 5) is 8.30. The molecule has 3 heteroatoms. The molecule has 2 N–H and O–H groups in total. The number of hydrogen-bond donors (Lipinski definition) is 1. The van der Waals surface area contributed by atoms with Gasteiger partial charge in [0.15, 0.2) is 0 Å². The monoisotopic (exact) mass is 221 g/mol. The van der Waals surface area contributed by atoms with Crippen LogP contribution in [0.1, 0.15) is 0 Å². The van der Waals surface area contributed by atoms with E-state index in [0.29, 0.717) is 0 Å². The lowest BCUT2D eigenvalue weighted by Crippen LogP contribution is -1.91. The maximum atomic E-state index is 5.98. The molecule has 3 rings (SSSR count). The van der Waals surface area contributed by atoms with Crippen molar-refractivity contribution in [2.75, 3.05) is 5.73 Å². The molecule has 0 aliphatic carbocycles. The maximum absolute atomic E-state index is 5.98. The first kappa shape index (κ1) is 9.78. The fourth-order valence-electron chi connectivity index (χ4n) is 1.98. The molecular weight excluding hydrogens is 210 g/mol. The number of rotatable bonds is 1. The number of nitrogens with two attached hydrogens (primary N) is 1. The van der Waals surface area contributed by atoms with Gasteiger partial charge in [-0.15, -0.1) is 0 Å². The number of anilines is 1. The van der Waals surface area contributed by atoms with E-state index in [1.807, 2.05) is 30.5 Å². The topological polar surface area (TPSA) is 51.8 Å². The van der Waals surface area contributed by atoms with Crippen molar-refractivity contribution >= 4 is 16.5 Å². The van der Waals surface area contributed by atoms with Gasteiger partial charge in [-0.05, 0) is 23.1 Å². The molecule has 0 aliphatic rings. The van der Waals surface area contributed by atoms with E-state index in [0.717, 1.165) is 27.6 Å². The van der Waals surface area contributed by atoms with Crippen molar-refractivity contribution in [1.29, 1.82) is 0 Å². The summed E-state index contributed by atoms with van der Waals surface area (Å²) >= 11 is 0. The van der Waals surface area contributed by atoms with Gasteiger partial charge < -0.3 is 5.73 Å². The summed E-state index contributed by atoms with van der Waals surface area (Å²) in [6.45, 7) is 0. The van der Waals surface area contributed by atoms with Crippen LogP contribution in [0.25, 0.3) is 21.9 Å². The van der Waals surface area contributed by atoms with Crippen molar-refractivity contribution in [3.63, 3.8) is 0 Å². The van der Waals surface area contributed by atoms with Crippen LogP contribution < -0.4 is 5.73 Å². The average molecular weight is 221 g/mol. The molecule has 0 saturated carbocycles. The highest BCUT2D eigenvalue weighted by Gasteiger charge is 2.06. The molecule has 0 bridgehead atoms. The number of hydrogen-bond acceptors (Lipinski definition) is 3. The van der Waals surface area contributed by atoms with Gasteiger partial charge in [-0.25, -0.2) is 0 Å². The Morgan fingerprint density at radius 1 is 0.824 bits per heavy atom. The van der Waals surface area contributed by atoms with Crippen LogP contribution >= 0.6 is 0 Å². The van der Waals surface area contributed by atoms with Crippen LogP contribution in [0.3, 0.4) is 0 Å². The van der Waals surface area contributed by atoms with E-state index >= 15 is 0 Å². The summed E-state index contributed by atoms with van der Waals surface area (Å²) in [7, 11) is 0. The number of fused-ring (bicyclic) bond motifs is 1. The first-order valence-corrected chi connectivity index (χ1v) is 5.39. The van der Waals surface area contributed by atoms with Crippen molar-refractivity contribution in [3.05, 3.63) is 55.1 Å². The Balaban J connectivity index is 2.35. The Labute approximate surface area is 98.9 Å². The molecule has 0 atom stereocenters. The highest BCUT2D eigenvalue weighted by atomic mass is 14.7. The first-order valence-electron chi connectivity index (χ1n) is 5.39. The van der Waals surface area contributed by atoms with Crippen LogP contribution in [-0.2, 0) is 0 Å². The number of pyridine rings is 2. The second-order valence-electron chi connectivity index (χ2n) is 3.87. The Morgan fingerprint density at radius 2 is 1.65 bits per heavy atom. The number of benzene rings is 1.